The minimum atomic E-state index is -0.503. The fourth-order valence-corrected chi connectivity index (χ4v) is 10.2. The third-order valence-electron chi connectivity index (χ3n) is 19.1. The van der Waals surface area contributed by atoms with Gasteiger partial charge in [-0.1, -0.05) is 271 Å². The number of esters is 10. The van der Waals surface area contributed by atoms with Gasteiger partial charge in [0, 0.05) is 53.6 Å². The number of phenols is 1. The zero-order valence-corrected chi connectivity index (χ0v) is 81.8. The number of halogens is 2. The lowest BCUT2D eigenvalue weighted by atomic mass is 9.91. The molecular weight excluding hydrogens is 1790 g/mol. The van der Waals surface area contributed by atoms with Crippen molar-refractivity contribution >= 4 is 126 Å². The summed E-state index contributed by atoms with van der Waals surface area (Å²) in [6, 6.07) is 81.3. The monoisotopic (exact) mass is 1910 g/mol. The van der Waals surface area contributed by atoms with Crippen molar-refractivity contribution in [1.29, 1.82) is 0 Å². The van der Waals surface area contributed by atoms with Crippen molar-refractivity contribution in [3.05, 3.63) is 394 Å². The van der Waals surface area contributed by atoms with E-state index in [0.717, 1.165) is 75.1 Å². The van der Waals surface area contributed by atoms with Crippen LogP contribution in [0, 0.1) is 29.1 Å². The molecule has 732 valence electrons. The number of rotatable bonds is 33. The molecule has 10 aromatic rings. The Kier molecular flexibility index (Phi) is 62.2. The number of ether oxygens (including phenoxy) is 11. The van der Waals surface area contributed by atoms with Gasteiger partial charge in [-0.25, -0.2) is 47.6 Å². The van der Waals surface area contributed by atoms with Crippen LogP contribution >= 0.6 is 11.6 Å². The Bertz CT molecular complexity index is 5360. The number of hydrogen-bond acceptors (Lipinski definition) is 22. The van der Waals surface area contributed by atoms with Crippen molar-refractivity contribution in [3.8, 4) is 17.2 Å². The number of carbonyl (C=O) groups excluding carboxylic acids is 10. The molecule has 10 aromatic carbocycles. The molecule has 1 atom stereocenters. The molecule has 0 aliphatic heterocycles. The molecule has 0 amide bonds. The molecule has 0 spiro atoms. The van der Waals surface area contributed by atoms with E-state index in [0.29, 0.717) is 42.0 Å². The summed E-state index contributed by atoms with van der Waals surface area (Å²) in [5.74, 6) is -1.69. The van der Waals surface area contributed by atoms with Gasteiger partial charge in [-0.3, -0.25) is 9.59 Å². The molecule has 139 heavy (non-hydrogen) atoms. The first-order valence-corrected chi connectivity index (χ1v) is 44.6. The van der Waals surface area contributed by atoms with E-state index in [-0.39, 0.29) is 72.0 Å². The van der Waals surface area contributed by atoms with E-state index in [1.54, 1.807) is 141 Å². The largest absolute Gasteiger partial charge is 0.508 e. The molecular formula is C114H125ClFNO22. The molecule has 1 N–H and O–H groups in total. The van der Waals surface area contributed by atoms with Crippen LogP contribution in [0.1, 0.15) is 144 Å². The molecule has 10 rings (SSSR count). The van der Waals surface area contributed by atoms with E-state index in [1.165, 1.54) is 109 Å². The lowest BCUT2D eigenvalue weighted by Crippen LogP contribution is -2.27. The highest BCUT2D eigenvalue weighted by molar-refractivity contribution is 6.30. The number of hydrogen-bond donors (Lipinski definition) is 1. The molecule has 0 aliphatic rings. The first-order valence-electron chi connectivity index (χ1n) is 44.2. The summed E-state index contributed by atoms with van der Waals surface area (Å²) in [7, 11) is 8.34. The van der Waals surface area contributed by atoms with E-state index in [2.05, 4.69) is 42.4 Å². The third kappa shape index (κ3) is 58.8. The normalized spacial score (nSPS) is 10.8. The topological polar surface area (TPSA) is 297 Å². The number of carbonyl (C=O) groups is 10. The van der Waals surface area contributed by atoms with Gasteiger partial charge in [0.15, 0.2) is 5.69 Å². The summed E-state index contributed by atoms with van der Waals surface area (Å²) < 4.78 is 65.4. The number of benzene rings is 10. The number of phenolic OH excluding ortho intramolecular Hbond substituents is 1. The molecule has 0 aromatic heterocycles. The van der Waals surface area contributed by atoms with Crippen molar-refractivity contribution in [2.45, 2.75) is 101 Å². The summed E-state index contributed by atoms with van der Waals surface area (Å²) in [4.78, 5) is 115. The van der Waals surface area contributed by atoms with Crippen LogP contribution in [0.3, 0.4) is 0 Å². The molecule has 0 saturated carbocycles. The molecule has 0 aliphatic carbocycles. The van der Waals surface area contributed by atoms with Gasteiger partial charge in [0.2, 0.25) is 0 Å². The molecule has 1 unspecified atom stereocenters. The summed E-state index contributed by atoms with van der Waals surface area (Å²) in [5, 5.41) is 9.64. The highest BCUT2D eigenvalue weighted by atomic mass is 35.5. The first kappa shape index (κ1) is 119. The Morgan fingerprint density at radius 2 is 0.691 bits per heavy atom. The van der Waals surface area contributed by atoms with Crippen molar-refractivity contribution in [1.82, 2.24) is 0 Å². The van der Waals surface area contributed by atoms with Gasteiger partial charge >= 0.3 is 59.7 Å². The van der Waals surface area contributed by atoms with Crippen LogP contribution in [-0.2, 0) is 97.2 Å². The van der Waals surface area contributed by atoms with Crippen LogP contribution in [0.25, 0.3) is 53.5 Å². The Balaban J connectivity index is 0.000000534. The Morgan fingerprint density at radius 3 is 1.05 bits per heavy atom. The van der Waals surface area contributed by atoms with Crippen molar-refractivity contribution in [3.63, 3.8) is 0 Å². The van der Waals surface area contributed by atoms with Gasteiger partial charge in [-0.2, -0.15) is 0 Å². The van der Waals surface area contributed by atoms with Crippen LogP contribution in [0.5, 0.6) is 17.2 Å². The number of unbranched alkanes of at least 4 members (excludes halogenated alkanes) is 1. The second-order valence-corrected chi connectivity index (χ2v) is 30.7. The maximum atomic E-state index is 12.4. The first-order chi connectivity index (χ1) is 66.8. The van der Waals surface area contributed by atoms with Gasteiger partial charge in [-0.15, -0.1) is 0 Å². The highest BCUT2D eigenvalue weighted by Crippen LogP contribution is 2.24. The van der Waals surface area contributed by atoms with Crippen molar-refractivity contribution in [2.75, 3.05) is 62.5 Å². The Hall–Kier alpha value is -15.9. The number of para-hydroxylation sites is 1. The summed E-state index contributed by atoms with van der Waals surface area (Å²) in [6.07, 6.45) is 30.5. The van der Waals surface area contributed by atoms with Crippen molar-refractivity contribution in [2.24, 2.45) is 16.7 Å². The van der Waals surface area contributed by atoms with Gasteiger partial charge < -0.3 is 57.2 Å². The van der Waals surface area contributed by atoms with Gasteiger partial charge in [0.25, 0.3) is 0 Å². The van der Waals surface area contributed by atoms with E-state index < -0.39 is 23.3 Å². The van der Waals surface area contributed by atoms with Gasteiger partial charge in [0.1, 0.15) is 42.9 Å². The zero-order chi connectivity index (χ0) is 103. The number of aromatic hydroxyl groups is 1. The van der Waals surface area contributed by atoms with Crippen LogP contribution < -0.4 is 9.47 Å². The van der Waals surface area contributed by atoms with Gasteiger partial charge in [-0.05, 0) is 212 Å². The fraction of sp³-hybridized carbons (Fsp3) is 0.237. The molecule has 25 heteroatoms. The minimum absolute atomic E-state index is 0.0590. The third-order valence-corrected chi connectivity index (χ3v) is 19.3. The Labute approximate surface area is 821 Å². The Morgan fingerprint density at radius 1 is 0.367 bits per heavy atom. The molecule has 0 heterocycles. The van der Waals surface area contributed by atoms with Crippen LogP contribution in [-0.4, -0.2) is 127 Å². The van der Waals surface area contributed by atoms with Crippen LogP contribution in [0.15, 0.2) is 322 Å². The van der Waals surface area contributed by atoms with E-state index in [4.69, 9.17) is 51.7 Å². The SMILES string of the molecule is CCC(C)(C)C(=O)OC.CCC(C)(C)C(=O)OCCOC(=O)/C=C/c1ccccc1.CCCCC(CC)COC(=O)/C=C/c1ccc(OC)cc1.COC(=O)/C=C/c1ccc(Cl)cc1.COC(=O)/C=C/c1ccc(F)cc1.COC(=O)/C=C/c1ccc(O)cc1.O=C(/C=C/c1ccccc1)OCc1ccccc1.O=C(/C=C/c1ccccc1)Oc1ccccc1.[C-]#[N+]c1ccc(/C=C/C(=O)OC)cc1. The second-order valence-electron chi connectivity index (χ2n) is 30.3. The lowest BCUT2D eigenvalue weighted by molar-refractivity contribution is -0.158. The predicted molar refractivity (Wildman–Crippen MR) is 546 cm³/mol. The van der Waals surface area contributed by atoms with E-state index >= 15 is 0 Å². The summed E-state index contributed by atoms with van der Waals surface area (Å²) in [5.41, 5.74) is 7.95. The molecule has 0 fully saturated rings. The molecule has 23 nitrogen and oxygen atoms in total. The molecule has 0 radical (unpaired) electrons. The average molecular weight is 1920 g/mol. The minimum Gasteiger partial charge on any atom is -0.508 e. The maximum Gasteiger partial charge on any atom is 0.336 e. The highest BCUT2D eigenvalue weighted by Gasteiger charge is 2.27. The predicted octanol–water partition coefficient (Wildman–Crippen LogP) is 24.6. The van der Waals surface area contributed by atoms with Crippen LogP contribution in [0.4, 0.5) is 10.1 Å². The lowest BCUT2D eigenvalue weighted by Gasteiger charge is -2.20. The van der Waals surface area contributed by atoms with Crippen molar-refractivity contribution < 1.29 is 110 Å². The zero-order valence-electron chi connectivity index (χ0n) is 81.1. The molecule has 0 bridgehead atoms. The van der Waals surface area contributed by atoms with Gasteiger partial charge in [0.05, 0.1) is 66.7 Å². The standard InChI is InChI=1S/C18H26O3.C17H22O4.C16H14O2.C15H12O2.C11H9NO2.C10H9ClO2.C10H9FO2.C10H10O3.C7H14O2/c1-4-6-7-15(5-2)14-21-18(19)13-10-16-8-11-17(20-3)12-9-16;1-4-17(2,3)16(19)21-13-12-20-15(18)11-10-14-8-6-5-7-9-14;17-16(12-11-14-7-3-1-4-8-14)18-13-15-9-5-2-6-10-15;16-15(17-14-9-5-2-6-10-14)12-11-13-7-3-1-4-8-13;1-12-10-6-3-9(4-7-10)5-8-11(13)14-2;3*1-13-10(12)7-4-8-2-5-9(11)6-3-8;1-5-7(2,3)6(8)9-4/h8-13,15H,4-7,14H2,1-3H3;5-11H,4,12-13H2,1-3H3;1-12H,13H2;1-12H;3-8H,2H3;2*2-7H,1H3;2-7,11H,1H3;5H2,1-4H3/b13-10+;11-10+;2*12-11+;8-5+;3*7-4+;. The quantitative estimate of drug-likeness (QED) is 0.00998. The number of methoxy groups -OCH3 is 6. The van der Waals surface area contributed by atoms with E-state index in [1.807, 2.05) is 217 Å². The fourth-order valence-electron chi connectivity index (χ4n) is 10.0. The average Bonchev–Trinajstić information content (AvgIpc) is 0.885. The van der Waals surface area contributed by atoms with Crippen LogP contribution in [0.2, 0.25) is 5.02 Å². The molecule has 0 saturated heterocycles. The second kappa shape index (κ2) is 72.6. The summed E-state index contributed by atoms with van der Waals surface area (Å²) >= 11 is 5.69. The number of nitrogens with zero attached hydrogens (tertiary/aromatic N) is 1. The maximum absolute atomic E-state index is 12.4. The summed E-state index contributed by atoms with van der Waals surface area (Å²) in [6.45, 7) is 23.3. The smallest absolute Gasteiger partial charge is 0.336 e. The van der Waals surface area contributed by atoms with E-state index in [9.17, 15) is 52.3 Å².